The quantitative estimate of drug-likeness (QED) is 0.910. The standard InChI is InChI=1S/C15H21N3O2/c1-10-16-5-4-12(17-10)9-18-13-2-3-14(18)7-11(6-13)8-15(19)20/h4-5,11,13-14H,2-3,6-9H2,1H3,(H,19,20). The van der Waals surface area contributed by atoms with Crippen LogP contribution in [0.15, 0.2) is 12.3 Å². The van der Waals surface area contributed by atoms with E-state index in [0.29, 0.717) is 24.4 Å². The molecule has 0 amide bonds. The minimum absolute atomic E-state index is 0.327. The van der Waals surface area contributed by atoms with Gasteiger partial charge in [-0.1, -0.05) is 0 Å². The van der Waals surface area contributed by atoms with Crippen LogP contribution in [0.4, 0.5) is 0 Å². The van der Waals surface area contributed by atoms with E-state index in [2.05, 4.69) is 14.9 Å². The summed E-state index contributed by atoms with van der Waals surface area (Å²) in [6.07, 6.45) is 6.58. The Bertz CT molecular complexity index is 492. The highest BCUT2D eigenvalue weighted by Crippen LogP contribution is 2.40. The molecule has 2 atom stereocenters. The van der Waals surface area contributed by atoms with Gasteiger partial charge >= 0.3 is 5.97 Å². The molecule has 20 heavy (non-hydrogen) atoms. The fourth-order valence-corrected chi connectivity index (χ4v) is 3.84. The Labute approximate surface area is 119 Å². The van der Waals surface area contributed by atoms with Gasteiger partial charge in [-0.25, -0.2) is 9.97 Å². The van der Waals surface area contributed by atoms with Crippen LogP contribution < -0.4 is 0 Å². The Morgan fingerprint density at radius 3 is 2.70 bits per heavy atom. The number of rotatable bonds is 4. The molecule has 2 aliphatic rings. The summed E-state index contributed by atoms with van der Waals surface area (Å²) in [6, 6.07) is 3.05. The van der Waals surface area contributed by atoms with Crippen molar-refractivity contribution in [3.63, 3.8) is 0 Å². The number of hydrogen-bond donors (Lipinski definition) is 1. The molecule has 1 aromatic rings. The monoisotopic (exact) mass is 275 g/mol. The van der Waals surface area contributed by atoms with Gasteiger partial charge < -0.3 is 5.11 Å². The number of aromatic nitrogens is 2. The Hall–Kier alpha value is -1.49. The summed E-state index contributed by atoms with van der Waals surface area (Å²) in [4.78, 5) is 22.0. The molecule has 5 nitrogen and oxygen atoms in total. The lowest BCUT2D eigenvalue weighted by Gasteiger charge is -2.38. The van der Waals surface area contributed by atoms with Crippen LogP contribution in [0.1, 0.15) is 43.6 Å². The average molecular weight is 275 g/mol. The first-order valence-corrected chi connectivity index (χ1v) is 7.38. The van der Waals surface area contributed by atoms with Gasteiger partial charge in [0, 0.05) is 31.2 Å². The highest BCUT2D eigenvalue weighted by molar-refractivity contribution is 5.67. The lowest BCUT2D eigenvalue weighted by atomic mass is 9.88. The Morgan fingerprint density at radius 1 is 1.40 bits per heavy atom. The largest absolute Gasteiger partial charge is 0.481 e. The molecule has 0 spiro atoms. The van der Waals surface area contributed by atoms with Crippen molar-refractivity contribution in [1.82, 2.24) is 14.9 Å². The van der Waals surface area contributed by atoms with Crippen LogP contribution in [0.25, 0.3) is 0 Å². The molecule has 2 saturated heterocycles. The van der Waals surface area contributed by atoms with Crippen LogP contribution in [0, 0.1) is 12.8 Å². The Morgan fingerprint density at radius 2 is 2.10 bits per heavy atom. The fraction of sp³-hybridized carbons (Fsp3) is 0.667. The smallest absolute Gasteiger partial charge is 0.303 e. The maximum absolute atomic E-state index is 10.9. The van der Waals surface area contributed by atoms with Crippen molar-refractivity contribution < 1.29 is 9.90 Å². The van der Waals surface area contributed by atoms with E-state index in [1.807, 2.05) is 19.2 Å². The van der Waals surface area contributed by atoms with Crippen molar-refractivity contribution in [2.75, 3.05) is 0 Å². The minimum Gasteiger partial charge on any atom is -0.481 e. The first kappa shape index (κ1) is 13.5. The number of hydrogen-bond acceptors (Lipinski definition) is 4. The molecule has 3 rings (SSSR count). The van der Waals surface area contributed by atoms with Gasteiger partial charge in [0.15, 0.2) is 0 Å². The number of fused-ring (bicyclic) bond motifs is 2. The predicted octanol–water partition coefficient (Wildman–Crippen LogP) is 2.00. The van der Waals surface area contributed by atoms with Gasteiger partial charge in [0.25, 0.3) is 0 Å². The summed E-state index contributed by atoms with van der Waals surface area (Å²) in [6.45, 7) is 2.79. The molecule has 0 radical (unpaired) electrons. The van der Waals surface area contributed by atoms with Crippen molar-refractivity contribution in [3.05, 3.63) is 23.8 Å². The van der Waals surface area contributed by atoms with Crippen molar-refractivity contribution >= 4 is 5.97 Å². The topological polar surface area (TPSA) is 66.3 Å². The first-order valence-electron chi connectivity index (χ1n) is 7.38. The molecule has 2 unspecified atom stereocenters. The number of carboxylic acid groups (broad SMARTS) is 1. The normalized spacial score (nSPS) is 29.6. The predicted molar refractivity (Wildman–Crippen MR) is 74.1 cm³/mol. The first-order chi connectivity index (χ1) is 9.61. The molecule has 0 aromatic carbocycles. The molecule has 1 N–H and O–H groups in total. The summed E-state index contributed by atoms with van der Waals surface area (Å²) in [5, 5.41) is 8.96. The van der Waals surface area contributed by atoms with E-state index in [4.69, 9.17) is 5.11 Å². The van der Waals surface area contributed by atoms with E-state index in [1.165, 1.54) is 12.8 Å². The van der Waals surface area contributed by atoms with Gasteiger partial charge in [0.2, 0.25) is 0 Å². The zero-order valence-electron chi connectivity index (χ0n) is 11.8. The van der Waals surface area contributed by atoms with Gasteiger partial charge in [-0.3, -0.25) is 9.69 Å². The Balaban J connectivity index is 1.66. The van der Waals surface area contributed by atoms with Gasteiger partial charge in [-0.2, -0.15) is 0 Å². The van der Waals surface area contributed by atoms with Gasteiger partial charge in [0.05, 0.1) is 5.69 Å². The van der Waals surface area contributed by atoms with E-state index in [-0.39, 0.29) is 0 Å². The molecule has 2 aliphatic heterocycles. The molecule has 108 valence electrons. The van der Waals surface area contributed by atoms with Gasteiger partial charge in [-0.05, 0) is 44.6 Å². The third-order valence-corrected chi connectivity index (χ3v) is 4.62. The van der Waals surface area contributed by atoms with Crippen LogP contribution in [0.3, 0.4) is 0 Å². The molecular formula is C15H21N3O2. The maximum atomic E-state index is 10.9. The second-order valence-corrected chi connectivity index (χ2v) is 6.09. The van der Waals surface area contributed by atoms with E-state index in [0.717, 1.165) is 30.9 Å². The third-order valence-electron chi connectivity index (χ3n) is 4.62. The number of nitrogens with zero attached hydrogens (tertiary/aromatic N) is 3. The van der Waals surface area contributed by atoms with Crippen LogP contribution in [0.5, 0.6) is 0 Å². The van der Waals surface area contributed by atoms with E-state index >= 15 is 0 Å². The second-order valence-electron chi connectivity index (χ2n) is 6.09. The molecule has 0 saturated carbocycles. The minimum atomic E-state index is -0.658. The lowest BCUT2D eigenvalue weighted by molar-refractivity contribution is -0.138. The van der Waals surface area contributed by atoms with Crippen LogP contribution in [-0.2, 0) is 11.3 Å². The summed E-state index contributed by atoms with van der Waals surface area (Å²) in [5.41, 5.74) is 1.08. The second kappa shape index (κ2) is 5.48. The average Bonchev–Trinajstić information content (AvgIpc) is 2.61. The number of piperidine rings is 1. The maximum Gasteiger partial charge on any atom is 0.303 e. The number of aliphatic carboxylic acids is 1. The molecule has 2 bridgehead atoms. The van der Waals surface area contributed by atoms with Crippen molar-refractivity contribution in [1.29, 1.82) is 0 Å². The van der Waals surface area contributed by atoms with E-state index in [9.17, 15) is 4.79 Å². The molecular weight excluding hydrogens is 254 g/mol. The van der Waals surface area contributed by atoms with Crippen molar-refractivity contribution in [3.8, 4) is 0 Å². The lowest BCUT2D eigenvalue weighted by Crippen LogP contribution is -2.42. The Kier molecular flexibility index (Phi) is 3.70. The van der Waals surface area contributed by atoms with E-state index < -0.39 is 5.97 Å². The molecule has 3 heterocycles. The van der Waals surface area contributed by atoms with Crippen molar-refractivity contribution in [2.45, 2.75) is 57.7 Å². The molecule has 0 aliphatic carbocycles. The van der Waals surface area contributed by atoms with Crippen LogP contribution in [-0.4, -0.2) is 38.0 Å². The zero-order valence-corrected chi connectivity index (χ0v) is 11.8. The molecule has 1 aromatic heterocycles. The van der Waals surface area contributed by atoms with Gasteiger partial charge in [-0.15, -0.1) is 0 Å². The number of carbonyl (C=O) groups is 1. The zero-order chi connectivity index (χ0) is 14.1. The number of carboxylic acids is 1. The summed E-state index contributed by atoms with van der Waals surface area (Å²) >= 11 is 0. The fourth-order valence-electron chi connectivity index (χ4n) is 3.84. The van der Waals surface area contributed by atoms with Crippen molar-refractivity contribution in [2.24, 2.45) is 5.92 Å². The SMILES string of the molecule is Cc1nccc(CN2C3CCC2CC(CC(=O)O)C3)n1. The molecule has 5 heteroatoms. The molecule has 2 fully saturated rings. The summed E-state index contributed by atoms with van der Waals surface area (Å²) < 4.78 is 0. The highest BCUT2D eigenvalue weighted by atomic mass is 16.4. The third kappa shape index (κ3) is 2.82. The van der Waals surface area contributed by atoms with Crippen LogP contribution >= 0.6 is 0 Å². The summed E-state index contributed by atoms with van der Waals surface area (Å²) in [7, 11) is 0. The van der Waals surface area contributed by atoms with E-state index in [1.54, 1.807) is 0 Å². The summed E-state index contributed by atoms with van der Waals surface area (Å²) in [5.74, 6) is 0.512. The highest BCUT2D eigenvalue weighted by Gasteiger charge is 2.41. The number of aryl methyl sites for hydroxylation is 1. The van der Waals surface area contributed by atoms with Crippen LogP contribution in [0.2, 0.25) is 0 Å². The van der Waals surface area contributed by atoms with Gasteiger partial charge in [0.1, 0.15) is 5.82 Å².